The Hall–Kier alpha value is -2.26. The molecule has 2 fully saturated rings. The van der Waals surface area contributed by atoms with Gasteiger partial charge in [-0.3, -0.25) is 0 Å². The molecule has 2 unspecified atom stereocenters. The van der Waals surface area contributed by atoms with Gasteiger partial charge in [0.1, 0.15) is 13.7 Å². The summed E-state index contributed by atoms with van der Waals surface area (Å²) in [7, 11) is 1.98. The Bertz CT molecular complexity index is 1160. The number of hydrogen-bond acceptors (Lipinski definition) is 4. The van der Waals surface area contributed by atoms with Gasteiger partial charge in [-0.1, -0.05) is 36.2 Å². The fourth-order valence-electron chi connectivity index (χ4n) is 5.39. The Morgan fingerprint density at radius 3 is 2.59 bits per heavy atom. The zero-order chi connectivity index (χ0) is 23.9. The first-order valence-electron chi connectivity index (χ1n) is 12.0. The van der Waals surface area contributed by atoms with E-state index in [0.717, 1.165) is 60.5 Å². The first-order chi connectivity index (χ1) is 16.3. The minimum absolute atomic E-state index is 0.0366. The summed E-state index contributed by atoms with van der Waals surface area (Å²) in [5.74, 6) is -0.306. The van der Waals surface area contributed by atoms with Crippen LogP contribution in [-0.4, -0.2) is 58.7 Å². The van der Waals surface area contributed by atoms with Gasteiger partial charge in [0, 0.05) is 48.0 Å². The summed E-state index contributed by atoms with van der Waals surface area (Å²) >= 11 is 6.44. The summed E-state index contributed by atoms with van der Waals surface area (Å²) in [5.41, 5.74) is 3.39. The highest BCUT2D eigenvalue weighted by Crippen LogP contribution is 2.39. The van der Waals surface area contributed by atoms with E-state index in [-0.39, 0.29) is 24.9 Å². The third-order valence-electron chi connectivity index (χ3n) is 7.31. The summed E-state index contributed by atoms with van der Waals surface area (Å²) in [4.78, 5) is 7.06. The van der Waals surface area contributed by atoms with Crippen LogP contribution in [0.15, 0.2) is 36.5 Å². The molecule has 0 spiro atoms. The van der Waals surface area contributed by atoms with Crippen molar-refractivity contribution in [1.82, 2.24) is 19.5 Å². The highest BCUT2D eigenvalue weighted by molar-refractivity contribution is 6.36. The fourth-order valence-corrected chi connectivity index (χ4v) is 5.63. The topological polar surface area (TPSA) is 45.5 Å². The first kappa shape index (κ1) is 23.5. The van der Waals surface area contributed by atoms with Crippen molar-refractivity contribution in [3.05, 3.63) is 41.6 Å². The molecule has 0 radical (unpaired) electrons. The second kappa shape index (κ2) is 9.42. The average Bonchev–Trinajstić information content (AvgIpc) is 3.20. The maximum atomic E-state index is 13.2. The van der Waals surface area contributed by atoms with Crippen molar-refractivity contribution in [3.63, 3.8) is 0 Å². The van der Waals surface area contributed by atoms with E-state index in [4.69, 9.17) is 16.6 Å². The van der Waals surface area contributed by atoms with Crippen molar-refractivity contribution in [2.75, 3.05) is 18.4 Å². The minimum atomic E-state index is -4.08. The van der Waals surface area contributed by atoms with E-state index >= 15 is 0 Å². The lowest BCUT2D eigenvalue weighted by molar-refractivity contribution is -0.187. The van der Waals surface area contributed by atoms with Crippen LogP contribution in [0.5, 0.6) is 0 Å². The molecule has 2 aliphatic rings. The number of halogens is 4. The molecule has 180 valence electrons. The third kappa shape index (κ3) is 4.77. The number of likely N-dealkylation sites (tertiary alicyclic amines) is 1. The number of alkyl halides is 3. The van der Waals surface area contributed by atoms with Crippen LogP contribution < -0.4 is 10.8 Å². The molecule has 1 saturated heterocycles. The summed E-state index contributed by atoms with van der Waals surface area (Å²) in [5, 5.41) is 8.78. The maximum Gasteiger partial charge on any atom is 0.391 e. The Morgan fingerprint density at radius 2 is 1.85 bits per heavy atom. The van der Waals surface area contributed by atoms with E-state index in [1.165, 1.54) is 0 Å². The Balaban J connectivity index is 1.31. The molecule has 0 bridgehead atoms. The molecular weight excluding hydrogens is 462 g/mol. The molecule has 3 heterocycles. The summed E-state index contributed by atoms with van der Waals surface area (Å²) in [6.45, 7) is 1.60. The molecule has 34 heavy (non-hydrogen) atoms. The van der Waals surface area contributed by atoms with Gasteiger partial charge in [0.15, 0.2) is 5.65 Å². The molecule has 2 atom stereocenters. The smallest absolute Gasteiger partial charge is 0.367 e. The summed E-state index contributed by atoms with van der Waals surface area (Å²) in [6.07, 6.45) is 1.50. The predicted molar refractivity (Wildman–Crippen MR) is 132 cm³/mol. The van der Waals surface area contributed by atoms with Crippen molar-refractivity contribution in [2.24, 2.45) is 5.92 Å². The van der Waals surface area contributed by atoms with Gasteiger partial charge in [0.25, 0.3) is 0 Å². The summed E-state index contributed by atoms with van der Waals surface area (Å²) < 4.78 is 41.6. The van der Waals surface area contributed by atoms with E-state index in [9.17, 15) is 13.2 Å². The molecule has 1 saturated carbocycles. The highest BCUT2D eigenvalue weighted by atomic mass is 35.5. The van der Waals surface area contributed by atoms with Crippen LogP contribution in [0.3, 0.4) is 0 Å². The van der Waals surface area contributed by atoms with Crippen molar-refractivity contribution < 1.29 is 13.2 Å². The normalized spacial score (nSPS) is 22.8. The Labute approximate surface area is 203 Å². The number of rotatable bonds is 4. The number of anilines is 1. The number of hydrogen-bond donors (Lipinski definition) is 1. The van der Waals surface area contributed by atoms with Crippen molar-refractivity contribution in [1.29, 1.82) is 0 Å². The lowest BCUT2D eigenvalue weighted by Gasteiger charge is -2.41. The Morgan fingerprint density at radius 1 is 1.09 bits per heavy atom. The molecule has 1 N–H and O–H groups in total. The van der Waals surface area contributed by atoms with Gasteiger partial charge in [0.05, 0.1) is 11.6 Å². The standard InChI is InChI=1S/C24H28BClF3N5/c25-19-14-30-34-22(13-21(32-23(19)34)18-6-1-2-7-20(18)26)31-16-8-10-33(11-9-16)17-5-3-4-15(12-17)24(27,28)29/h1-2,6-7,13-17,31H,3-5,8-12,25H2. The third-order valence-corrected chi connectivity index (χ3v) is 7.63. The monoisotopic (exact) mass is 489 g/mol. The molecule has 1 aromatic carbocycles. The number of nitrogens with one attached hydrogen (secondary N) is 1. The van der Waals surface area contributed by atoms with Crippen molar-refractivity contribution >= 4 is 36.4 Å². The molecule has 0 amide bonds. The second-order valence-electron chi connectivity index (χ2n) is 9.58. The molecule has 5 rings (SSSR count). The molecule has 3 aromatic rings. The van der Waals surface area contributed by atoms with Crippen LogP contribution >= 0.6 is 11.6 Å². The van der Waals surface area contributed by atoms with Crippen LogP contribution in [0.2, 0.25) is 5.02 Å². The quantitative estimate of drug-likeness (QED) is 0.555. The van der Waals surface area contributed by atoms with Crippen LogP contribution in [0, 0.1) is 5.92 Å². The lowest BCUT2D eigenvalue weighted by Crippen LogP contribution is -2.47. The van der Waals surface area contributed by atoms with Gasteiger partial charge in [-0.05, 0) is 43.6 Å². The van der Waals surface area contributed by atoms with E-state index in [2.05, 4.69) is 15.3 Å². The molecule has 10 heteroatoms. The molecule has 2 aromatic heterocycles. The van der Waals surface area contributed by atoms with Gasteiger partial charge in [-0.15, -0.1) is 0 Å². The SMILES string of the molecule is Bc1cnn2c(NC3CCN(C4CCCC(C(F)(F)F)C4)CC3)cc(-c3ccccc3Cl)nc12. The predicted octanol–water partition coefficient (Wildman–Crippen LogP) is 4.31. The van der Waals surface area contributed by atoms with Gasteiger partial charge >= 0.3 is 6.18 Å². The number of benzene rings is 1. The second-order valence-corrected chi connectivity index (χ2v) is 9.99. The van der Waals surface area contributed by atoms with E-state index in [0.29, 0.717) is 11.4 Å². The van der Waals surface area contributed by atoms with E-state index in [1.54, 1.807) is 6.20 Å². The van der Waals surface area contributed by atoms with E-state index < -0.39 is 12.1 Å². The number of aromatic nitrogens is 3. The van der Waals surface area contributed by atoms with Crippen molar-refractivity contribution in [2.45, 2.75) is 56.8 Å². The molecular formula is C24H28BClF3N5. The van der Waals surface area contributed by atoms with Gasteiger partial charge in [-0.25, -0.2) is 4.98 Å². The molecule has 1 aliphatic carbocycles. The minimum Gasteiger partial charge on any atom is -0.367 e. The molecule has 5 nitrogen and oxygen atoms in total. The van der Waals surface area contributed by atoms with Gasteiger partial charge in [-0.2, -0.15) is 22.8 Å². The number of piperidine rings is 1. The fraction of sp³-hybridized carbons (Fsp3) is 0.500. The number of nitrogens with zero attached hydrogens (tertiary/aromatic N) is 4. The Kier molecular flexibility index (Phi) is 6.50. The zero-order valence-electron chi connectivity index (χ0n) is 19.2. The zero-order valence-corrected chi connectivity index (χ0v) is 19.9. The van der Waals surface area contributed by atoms with Crippen LogP contribution in [0.25, 0.3) is 16.9 Å². The van der Waals surface area contributed by atoms with Crippen LogP contribution in [0.1, 0.15) is 38.5 Å². The van der Waals surface area contributed by atoms with Crippen LogP contribution in [-0.2, 0) is 0 Å². The average molecular weight is 490 g/mol. The van der Waals surface area contributed by atoms with Gasteiger partial charge in [0.2, 0.25) is 0 Å². The maximum absolute atomic E-state index is 13.2. The van der Waals surface area contributed by atoms with Crippen molar-refractivity contribution in [3.8, 4) is 11.3 Å². The van der Waals surface area contributed by atoms with Crippen LogP contribution in [0.4, 0.5) is 19.0 Å². The van der Waals surface area contributed by atoms with Gasteiger partial charge < -0.3 is 10.2 Å². The largest absolute Gasteiger partial charge is 0.391 e. The lowest BCUT2D eigenvalue weighted by atomic mass is 9.83. The first-order valence-corrected chi connectivity index (χ1v) is 12.3. The summed E-state index contributed by atoms with van der Waals surface area (Å²) in [6, 6.07) is 9.86. The molecule has 1 aliphatic heterocycles. The highest BCUT2D eigenvalue weighted by Gasteiger charge is 2.43. The number of fused-ring (bicyclic) bond motifs is 1. The van der Waals surface area contributed by atoms with E-state index in [1.807, 2.05) is 42.7 Å².